The van der Waals surface area contributed by atoms with Crippen molar-refractivity contribution >= 4 is 11.8 Å². The fourth-order valence-electron chi connectivity index (χ4n) is 3.67. The molecule has 3 unspecified atom stereocenters. The second kappa shape index (κ2) is 5.98. The zero-order valence-corrected chi connectivity index (χ0v) is 12.1. The summed E-state index contributed by atoms with van der Waals surface area (Å²) in [5.41, 5.74) is 1.03. The number of hydrogen-bond acceptors (Lipinski definition) is 3. The molecule has 3 atom stereocenters. The molecule has 1 aromatic rings. The fraction of sp³-hybridized carbons (Fsp3) is 0.529. The Balaban J connectivity index is 1.80. The minimum atomic E-state index is -0.432. The van der Waals surface area contributed by atoms with E-state index in [0.717, 1.165) is 31.2 Å². The van der Waals surface area contributed by atoms with Gasteiger partial charge < -0.3 is 5.11 Å². The molecular weight excluding hydrogens is 266 g/mol. The van der Waals surface area contributed by atoms with Crippen molar-refractivity contribution in [3.8, 4) is 0 Å². The van der Waals surface area contributed by atoms with Gasteiger partial charge in [-0.3, -0.25) is 14.5 Å². The lowest BCUT2D eigenvalue weighted by molar-refractivity contribution is -0.143. The molecule has 21 heavy (non-hydrogen) atoms. The number of aliphatic hydroxyl groups excluding tert-OH is 1. The Morgan fingerprint density at radius 3 is 2.14 bits per heavy atom. The van der Waals surface area contributed by atoms with Crippen LogP contribution in [0, 0.1) is 11.8 Å². The van der Waals surface area contributed by atoms with Gasteiger partial charge in [0, 0.05) is 0 Å². The van der Waals surface area contributed by atoms with Gasteiger partial charge in [0.1, 0.15) is 0 Å². The van der Waals surface area contributed by atoms with E-state index in [0.29, 0.717) is 6.42 Å². The molecule has 2 amide bonds. The van der Waals surface area contributed by atoms with E-state index in [-0.39, 0.29) is 30.3 Å². The van der Waals surface area contributed by atoms with Crippen molar-refractivity contribution in [3.05, 3.63) is 35.9 Å². The van der Waals surface area contributed by atoms with Crippen molar-refractivity contribution in [2.24, 2.45) is 11.8 Å². The molecule has 4 nitrogen and oxygen atoms in total. The lowest BCUT2D eigenvalue weighted by atomic mass is 9.81. The number of carbonyl (C=O) groups is 2. The molecule has 3 rings (SSSR count). The molecular formula is C17H21NO3. The smallest absolute Gasteiger partial charge is 0.233 e. The summed E-state index contributed by atoms with van der Waals surface area (Å²) in [5, 5.41) is 9.67. The Bertz CT molecular complexity index is 504. The highest BCUT2D eigenvalue weighted by Gasteiger charge is 2.50. The van der Waals surface area contributed by atoms with E-state index in [4.69, 9.17) is 0 Å². The van der Waals surface area contributed by atoms with Gasteiger partial charge in [-0.25, -0.2) is 0 Å². The Morgan fingerprint density at radius 2 is 1.62 bits per heavy atom. The number of fused-ring (bicyclic) bond motifs is 1. The van der Waals surface area contributed by atoms with E-state index in [1.807, 2.05) is 30.3 Å². The first-order chi connectivity index (χ1) is 10.2. The van der Waals surface area contributed by atoms with Crippen molar-refractivity contribution < 1.29 is 14.7 Å². The van der Waals surface area contributed by atoms with Crippen LogP contribution in [0.25, 0.3) is 0 Å². The zero-order chi connectivity index (χ0) is 14.8. The monoisotopic (exact) mass is 287 g/mol. The predicted octanol–water partition coefficient (Wildman–Crippen LogP) is 1.77. The van der Waals surface area contributed by atoms with Crippen LogP contribution in [0.2, 0.25) is 0 Å². The van der Waals surface area contributed by atoms with E-state index in [1.54, 1.807) is 0 Å². The van der Waals surface area contributed by atoms with Crippen LogP contribution in [0.15, 0.2) is 30.3 Å². The largest absolute Gasteiger partial charge is 0.394 e. The molecule has 0 spiro atoms. The molecule has 1 heterocycles. The molecule has 0 bridgehead atoms. The SMILES string of the molecule is O=C1C2CCCCC2C(=O)N1C(CO)Cc1ccccc1. The molecule has 1 aliphatic heterocycles. The molecule has 0 radical (unpaired) electrons. The highest BCUT2D eigenvalue weighted by Crippen LogP contribution is 2.39. The topological polar surface area (TPSA) is 57.6 Å². The third-order valence-electron chi connectivity index (χ3n) is 4.77. The van der Waals surface area contributed by atoms with Crippen LogP contribution >= 0.6 is 0 Å². The second-order valence-electron chi connectivity index (χ2n) is 6.07. The lowest BCUT2D eigenvalue weighted by Crippen LogP contribution is -2.44. The summed E-state index contributed by atoms with van der Waals surface area (Å²) in [6.07, 6.45) is 4.20. The van der Waals surface area contributed by atoms with Crippen molar-refractivity contribution in [1.82, 2.24) is 4.90 Å². The Labute approximate surface area is 124 Å². The number of imide groups is 1. The van der Waals surface area contributed by atoms with Gasteiger partial charge in [-0.05, 0) is 24.8 Å². The molecule has 0 aromatic heterocycles. The Morgan fingerprint density at radius 1 is 1.05 bits per heavy atom. The van der Waals surface area contributed by atoms with Gasteiger partial charge in [-0.15, -0.1) is 0 Å². The quantitative estimate of drug-likeness (QED) is 0.859. The molecule has 1 aliphatic carbocycles. The number of benzene rings is 1. The van der Waals surface area contributed by atoms with Gasteiger partial charge in [-0.2, -0.15) is 0 Å². The number of hydrogen-bond donors (Lipinski definition) is 1. The van der Waals surface area contributed by atoms with Crippen LogP contribution in [0.1, 0.15) is 31.2 Å². The summed E-state index contributed by atoms with van der Waals surface area (Å²) in [6, 6.07) is 9.27. The molecule has 1 saturated carbocycles. The molecule has 2 aliphatic rings. The van der Waals surface area contributed by atoms with Crippen LogP contribution < -0.4 is 0 Å². The summed E-state index contributed by atoms with van der Waals surface area (Å²) in [4.78, 5) is 26.4. The highest BCUT2D eigenvalue weighted by atomic mass is 16.3. The van der Waals surface area contributed by atoms with E-state index in [9.17, 15) is 14.7 Å². The Hall–Kier alpha value is -1.68. The number of carbonyl (C=O) groups excluding carboxylic acids is 2. The summed E-state index contributed by atoms with van der Waals surface area (Å²) in [7, 11) is 0. The molecule has 2 fully saturated rings. The number of nitrogens with zero attached hydrogens (tertiary/aromatic N) is 1. The average Bonchev–Trinajstić information content (AvgIpc) is 2.78. The van der Waals surface area contributed by atoms with Gasteiger partial charge >= 0.3 is 0 Å². The van der Waals surface area contributed by atoms with E-state index < -0.39 is 6.04 Å². The van der Waals surface area contributed by atoms with Gasteiger partial charge in [0.15, 0.2) is 0 Å². The van der Waals surface area contributed by atoms with Crippen molar-refractivity contribution in [3.63, 3.8) is 0 Å². The Kier molecular flexibility index (Phi) is 4.06. The molecule has 112 valence electrons. The summed E-state index contributed by atoms with van der Waals surface area (Å²) in [5.74, 6) is -0.425. The number of amides is 2. The van der Waals surface area contributed by atoms with Crippen LogP contribution in [-0.4, -0.2) is 34.5 Å². The number of aliphatic hydroxyl groups is 1. The van der Waals surface area contributed by atoms with Crippen LogP contribution in [-0.2, 0) is 16.0 Å². The summed E-state index contributed by atoms with van der Waals surface area (Å²) >= 11 is 0. The maximum atomic E-state index is 12.5. The van der Waals surface area contributed by atoms with Gasteiger partial charge in [0.2, 0.25) is 11.8 Å². The third kappa shape index (κ3) is 2.60. The van der Waals surface area contributed by atoms with Gasteiger partial charge in [0.05, 0.1) is 24.5 Å². The van der Waals surface area contributed by atoms with Crippen molar-refractivity contribution in [2.75, 3.05) is 6.61 Å². The number of likely N-dealkylation sites (tertiary alicyclic amines) is 1. The molecule has 1 saturated heterocycles. The molecule has 1 N–H and O–H groups in total. The second-order valence-corrected chi connectivity index (χ2v) is 6.07. The first-order valence-electron chi connectivity index (χ1n) is 7.74. The lowest BCUT2D eigenvalue weighted by Gasteiger charge is -2.25. The summed E-state index contributed by atoms with van der Waals surface area (Å²) < 4.78 is 0. The van der Waals surface area contributed by atoms with E-state index in [2.05, 4.69) is 0 Å². The highest BCUT2D eigenvalue weighted by molar-refractivity contribution is 6.05. The van der Waals surface area contributed by atoms with Gasteiger partial charge in [-0.1, -0.05) is 43.2 Å². The molecule has 4 heteroatoms. The summed E-state index contributed by atoms with van der Waals surface area (Å²) in [6.45, 7) is -0.175. The van der Waals surface area contributed by atoms with Crippen molar-refractivity contribution in [2.45, 2.75) is 38.1 Å². The minimum absolute atomic E-state index is 0.0697. The first kappa shape index (κ1) is 14.3. The predicted molar refractivity (Wildman–Crippen MR) is 78.3 cm³/mol. The third-order valence-corrected chi connectivity index (χ3v) is 4.77. The van der Waals surface area contributed by atoms with E-state index in [1.165, 1.54) is 4.90 Å². The van der Waals surface area contributed by atoms with E-state index >= 15 is 0 Å². The minimum Gasteiger partial charge on any atom is -0.394 e. The van der Waals surface area contributed by atoms with Gasteiger partial charge in [0.25, 0.3) is 0 Å². The average molecular weight is 287 g/mol. The standard InChI is InChI=1S/C17H21NO3/c19-11-13(10-12-6-2-1-3-7-12)18-16(20)14-8-4-5-9-15(14)17(18)21/h1-3,6-7,13-15,19H,4-5,8-11H2. The molecule has 1 aromatic carbocycles. The normalized spacial score (nSPS) is 26.8. The first-order valence-corrected chi connectivity index (χ1v) is 7.74. The fourth-order valence-corrected chi connectivity index (χ4v) is 3.67. The van der Waals surface area contributed by atoms with Crippen molar-refractivity contribution in [1.29, 1.82) is 0 Å². The van der Waals surface area contributed by atoms with Crippen LogP contribution in [0.3, 0.4) is 0 Å². The van der Waals surface area contributed by atoms with Crippen LogP contribution in [0.4, 0.5) is 0 Å². The van der Waals surface area contributed by atoms with Crippen LogP contribution in [0.5, 0.6) is 0 Å². The maximum Gasteiger partial charge on any atom is 0.233 e. The maximum absolute atomic E-state index is 12.5. The zero-order valence-electron chi connectivity index (χ0n) is 12.1. The number of rotatable bonds is 4.